The summed E-state index contributed by atoms with van der Waals surface area (Å²) >= 11 is 0. The minimum Gasteiger partial charge on any atom is -0.497 e. The highest BCUT2D eigenvalue weighted by Crippen LogP contribution is 2.26. The van der Waals surface area contributed by atoms with Crippen LogP contribution in [0.2, 0.25) is 0 Å². The third kappa shape index (κ3) is 2.05. The van der Waals surface area contributed by atoms with Crippen LogP contribution >= 0.6 is 0 Å². The Labute approximate surface area is 110 Å². The molecule has 4 heteroatoms. The molecular formula is C15H13FN2O. The lowest BCUT2D eigenvalue weighted by atomic mass is 10.1. The third-order valence-corrected chi connectivity index (χ3v) is 3.12. The van der Waals surface area contributed by atoms with Crippen molar-refractivity contribution in [2.45, 2.75) is 6.92 Å². The lowest BCUT2D eigenvalue weighted by molar-refractivity contribution is 0.414. The standard InChI is InChI=1S/C15H13FN2O/c1-10-7-12(19-2)4-5-13(10)14-9-18-8-11(16)3-6-15(18)17-14/h3-9H,1-2H3. The summed E-state index contributed by atoms with van der Waals surface area (Å²) in [6, 6.07) is 8.89. The van der Waals surface area contributed by atoms with Gasteiger partial charge in [0.05, 0.1) is 12.8 Å². The van der Waals surface area contributed by atoms with Gasteiger partial charge in [-0.3, -0.25) is 0 Å². The molecule has 3 rings (SSSR count). The minimum absolute atomic E-state index is 0.275. The van der Waals surface area contributed by atoms with Gasteiger partial charge in [-0.05, 0) is 42.8 Å². The summed E-state index contributed by atoms with van der Waals surface area (Å²) in [4.78, 5) is 4.50. The van der Waals surface area contributed by atoms with Crippen LogP contribution in [0.4, 0.5) is 4.39 Å². The van der Waals surface area contributed by atoms with Crippen molar-refractivity contribution in [3.05, 3.63) is 54.1 Å². The summed E-state index contributed by atoms with van der Waals surface area (Å²) in [6.07, 6.45) is 3.25. The Kier molecular flexibility index (Phi) is 2.71. The van der Waals surface area contributed by atoms with Crippen LogP contribution in [0.15, 0.2) is 42.7 Å². The predicted octanol–water partition coefficient (Wildman–Crippen LogP) is 3.46. The topological polar surface area (TPSA) is 26.5 Å². The first-order valence-corrected chi connectivity index (χ1v) is 5.96. The molecule has 1 aromatic carbocycles. The van der Waals surface area contributed by atoms with Gasteiger partial charge in [0.2, 0.25) is 0 Å². The summed E-state index contributed by atoms with van der Waals surface area (Å²) in [7, 11) is 1.64. The van der Waals surface area contributed by atoms with E-state index in [0.717, 1.165) is 28.2 Å². The van der Waals surface area contributed by atoms with Gasteiger partial charge >= 0.3 is 0 Å². The van der Waals surface area contributed by atoms with Crippen molar-refractivity contribution >= 4 is 5.65 Å². The van der Waals surface area contributed by atoms with Crippen LogP contribution < -0.4 is 4.74 Å². The molecule has 0 aliphatic heterocycles. The highest BCUT2D eigenvalue weighted by Gasteiger charge is 2.08. The van der Waals surface area contributed by atoms with Crippen LogP contribution in [-0.2, 0) is 0 Å². The van der Waals surface area contributed by atoms with E-state index in [0.29, 0.717) is 0 Å². The smallest absolute Gasteiger partial charge is 0.139 e. The van der Waals surface area contributed by atoms with Gasteiger partial charge in [0, 0.05) is 18.0 Å². The number of rotatable bonds is 2. The second-order valence-corrected chi connectivity index (χ2v) is 4.42. The first kappa shape index (κ1) is 11.7. The third-order valence-electron chi connectivity index (χ3n) is 3.12. The van der Waals surface area contributed by atoms with Gasteiger partial charge in [0.15, 0.2) is 0 Å². The maximum absolute atomic E-state index is 13.2. The molecule has 3 nitrogen and oxygen atoms in total. The highest BCUT2D eigenvalue weighted by atomic mass is 19.1. The number of benzene rings is 1. The average molecular weight is 256 g/mol. The Morgan fingerprint density at radius 3 is 2.74 bits per heavy atom. The monoisotopic (exact) mass is 256 g/mol. The Morgan fingerprint density at radius 2 is 2.00 bits per heavy atom. The van der Waals surface area contributed by atoms with E-state index in [1.54, 1.807) is 17.6 Å². The summed E-state index contributed by atoms with van der Waals surface area (Å²) in [5.41, 5.74) is 3.64. The maximum atomic E-state index is 13.2. The summed E-state index contributed by atoms with van der Waals surface area (Å²) in [6.45, 7) is 2.00. The van der Waals surface area contributed by atoms with E-state index in [1.807, 2.05) is 31.3 Å². The summed E-state index contributed by atoms with van der Waals surface area (Å²) in [5.74, 6) is 0.541. The molecule has 0 aliphatic rings. The lowest BCUT2D eigenvalue weighted by Gasteiger charge is -2.05. The molecular weight excluding hydrogens is 243 g/mol. The largest absolute Gasteiger partial charge is 0.497 e. The molecule has 19 heavy (non-hydrogen) atoms. The minimum atomic E-state index is -0.275. The first-order valence-electron chi connectivity index (χ1n) is 5.96. The number of nitrogens with zero attached hydrogens (tertiary/aromatic N) is 2. The molecule has 0 spiro atoms. The molecule has 96 valence electrons. The zero-order valence-corrected chi connectivity index (χ0v) is 10.7. The number of imidazole rings is 1. The maximum Gasteiger partial charge on any atom is 0.139 e. The molecule has 0 radical (unpaired) electrons. The number of aromatic nitrogens is 2. The quantitative estimate of drug-likeness (QED) is 0.702. The average Bonchev–Trinajstić information content (AvgIpc) is 2.81. The van der Waals surface area contributed by atoms with E-state index in [2.05, 4.69) is 4.98 Å². The molecule has 3 aromatic rings. The number of halogens is 1. The van der Waals surface area contributed by atoms with E-state index < -0.39 is 0 Å². The van der Waals surface area contributed by atoms with Crippen molar-refractivity contribution in [1.82, 2.24) is 9.38 Å². The van der Waals surface area contributed by atoms with Crippen LogP contribution in [-0.4, -0.2) is 16.5 Å². The van der Waals surface area contributed by atoms with Crippen molar-refractivity contribution in [2.24, 2.45) is 0 Å². The number of pyridine rings is 1. The molecule has 0 saturated carbocycles. The van der Waals surface area contributed by atoms with E-state index in [9.17, 15) is 4.39 Å². The summed E-state index contributed by atoms with van der Waals surface area (Å²) < 4.78 is 20.0. The summed E-state index contributed by atoms with van der Waals surface area (Å²) in [5, 5.41) is 0. The molecule has 2 heterocycles. The van der Waals surface area contributed by atoms with Crippen molar-refractivity contribution in [2.75, 3.05) is 7.11 Å². The molecule has 0 aliphatic carbocycles. The van der Waals surface area contributed by atoms with Crippen molar-refractivity contribution < 1.29 is 9.13 Å². The Balaban J connectivity index is 2.13. The fourth-order valence-corrected chi connectivity index (χ4v) is 2.14. The molecule has 0 fully saturated rings. The zero-order chi connectivity index (χ0) is 13.4. The number of methoxy groups -OCH3 is 1. The van der Waals surface area contributed by atoms with E-state index in [4.69, 9.17) is 4.74 Å². The number of hydrogen-bond donors (Lipinski definition) is 0. The number of hydrogen-bond acceptors (Lipinski definition) is 2. The zero-order valence-electron chi connectivity index (χ0n) is 10.7. The van der Waals surface area contributed by atoms with Gasteiger partial charge in [0.1, 0.15) is 17.2 Å². The SMILES string of the molecule is COc1ccc(-c2cn3cc(F)ccc3n2)c(C)c1. The lowest BCUT2D eigenvalue weighted by Crippen LogP contribution is -1.87. The van der Waals surface area contributed by atoms with Gasteiger partial charge < -0.3 is 9.14 Å². The second kappa shape index (κ2) is 4.39. The van der Waals surface area contributed by atoms with Crippen LogP contribution in [0.3, 0.4) is 0 Å². The molecule has 0 atom stereocenters. The Bertz CT molecular complexity index is 749. The van der Waals surface area contributed by atoms with Crippen molar-refractivity contribution in [3.8, 4) is 17.0 Å². The van der Waals surface area contributed by atoms with Crippen LogP contribution in [0.1, 0.15) is 5.56 Å². The Hall–Kier alpha value is -2.36. The molecule has 0 bridgehead atoms. The molecule has 2 aromatic heterocycles. The predicted molar refractivity (Wildman–Crippen MR) is 71.9 cm³/mol. The van der Waals surface area contributed by atoms with Crippen molar-refractivity contribution in [3.63, 3.8) is 0 Å². The second-order valence-electron chi connectivity index (χ2n) is 4.42. The van der Waals surface area contributed by atoms with E-state index in [1.165, 1.54) is 12.3 Å². The molecule has 0 saturated heterocycles. The normalized spacial score (nSPS) is 10.9. The van der Waals surface area contributed by atoms with Crippen LogP contribution in [0.5, 0.6) is 5.75 Å². The molecule has 0 amide bonds. The highest BCUT2D eigenvalue weighted by molar-refractivity contribution is 5.67. The van der Waals surface area contributed by atoms with E-state index in [-0.39, 0.29) is 5.82 Å². The number of aryl methyl sites for hydroxylation is 1. The number of ether oxygens (including phenoxy) is 1. The first-order chi connectivity index (χ1) is 9.17. The molecule has 0 unspecified atom stereocenters. The fourth-order valence-electron chi connectivity index (χ4n) is 2.14. The van der Waals surface area contributed by atoms with Crippen molar-refractivity contribution in [1.29, 1.82) is 0 Å². The molecule has 0 N–H and O–H groups in total. The van der Waals surface area contributed by atoms with Gasteiger partial charge in [-0.1, -0.05) is 0 Å². The van der Waals surface area contributed by atoms with Gasteiger partial charge in [-0.2, -0.15) is 0 Å². The number of fused-ring (bicyclic) bond motifs is 1. The fraction of sp³-hybridized carbons (Fsp3) is 0.133. The van der Waals surface area contributed by atoms with Gasteiger partial charge in [-0.25, -0.2) is 9.37 Å². The van der Waals surface area contributed by atoms with Crippen LogP contribution in [0, 0.1) is 12.7 Å². The van der Waals surface area contributed by atoms with Gasteiger partial charge in [-0.15, -0.1) is 0 Å². The van der Waals surface area contributed by atoms with E-state index >= 15 is 0 Å². The van der Waals surface area contributed by atoms with Crippen LogP contribution in [0.25, 0.3) is 16.9 Å². The Morgan fingerprint density at radius 1 is 1.16 bits per heavy atom. The van der Waals surface area contributed by atoms with Gasteiger partial charge in [0.25, 0.3) is 0 Å².